The van der Waals surface area contributed by atoms with Crippen LogP contribution in [0.5, 0.6) is 0 Å². The molecule has 0 aromatic heterocycles. The minimum atomic E-state index is -0.957. The molecule has 1 atom stereocenters. The van der Waals surface area contributed by atoms with Crippen LogP contribution < -0.4 is 5.32 Å². The summed E-state index contributed by atoms with van der Waals surface area (Å²) in [6, 6.07) is 11.4. The lowest BCUT2D eigenvalue weighted by molar-refractivity contribution is -0.122. The Morgan fingerprint density at radius 3 is 2.57 bits per heavy atom. The van der Waals surface area contributed by atoms with Crippen molar-refractivity contribution in [2.75, 3.05) is 6.54 Å². The number of amides is 1. The van der Waals surface area contributed by atoms with Crippen molar-refractivity contribution < 1.29 is 4.79 Å². The minimum Gasteiger partial charge on any atom is -0.354 e. The number of hydrogen-bond acceptors (Lipinski definition) is 2. The third kappa shape index (κ3) is 1.08. The van der Waals surface area contributed by atoms with Crippen molar-refractivity contribution in [2.45, 2.75) is 11.8 Å². The minimum absolute atomic E-state index is 0.175. The number of carbonyl (C=O) groups is 1. The Morgan fingerprint density at radius 2 is 2.07 bits per heavy atom. The highest BCUT2D eigenvalue weighted by molar-refractivity contribution is 5.93. The first-order valence-electron chi connectivity index (χ1n) is 4.55. The van der Waals surface area contributed by atoms with Crippen molar-refractivity contribution in [2.24, 2.45) is 0 Å². The molecule has 3 heteroatoms. The molecule has 14 heavy (non-hydrogen) atoms. The summed E-state index contributed by atoms with van der Waals surface area (Å²) >= 11 is 0. The molecule has 1 aliphatic rings. The average molecular weight is 186 g/mol. The molecule has 3 nitrogen and oxygen atoms in total. The van der Waals surface area contributed by atoms with Gasteiger partial charge in [0, 0.05) is 6.54 Å². The van der Waals surface area contributed by atoms with E-state index in [9.17, 15) is 4.79 Å². The molecule has 0 aliphatic carbocycles. The molecule has 1 fully saturated rings. The number of rotatable bonds is 1. The molecule has 1 aromatic rings. The van der Waals surface area contributed by atoms with E-state index in [4.69, 9.17) is 5.26 Å². The molecule has 2 rings (SSSR count). The van der Waals surface area contributed by atoms with Gasteiger partial charge in [-0.05, 0) is 12.0 Å². The second-order valence-electron chi connectivity index (χ2n) is 3.39. The van der Waals surface area contributed by atoms with Crippen LogP contribution in [0.25, 0.3) is 0 Å². The number of hydrogen-bond donors (Lipinski definition) is 1. The zero-order valence-electron chi connectivity index (χ0n) is 7.66. The van der Waals surface area contributed by atoms with Crippen LogP contribution >= 0.6 is 0 Å². The fourth-order valence-electron chi connectivity index (χ4n) is 1.80. The van der Waals surface area contributed by atoms with Gasteiger partial charge in [-0.25, -0.2) is 0 Å². The second-order valence-corrected chi connectivity index (χ2v) is 3.39. The Labute approximate surface area is 82.4 Å². The van der Waals surface area contributed by atoms with Gasteiger partial charge in [0.05, 0.1) is 6.07 Å². The molecule has 1 aliphatic heterocycles. The first-order chi connectivity index (χ1) is 6.79. The van der Waals surface area contributed by atoms with Gasteiger partial charge in [0.1, 0.15) is 0 Å². The maximum atomic E-state index is 11.6. The predicted molar refractivity (Wildman–Crippen MR) is 51.4 cm³/mol. The number of nitriles is 1. The number of carbonyl (C=O) groups excluding carboxylic acids is 1. The van der Waals surface area contributed by atoms with Crippen LogP contribution in [-0.4, -0.2) is 12.5 Å². The zero-order chi connectivity index (χ0) is 10.0. The van der Waals surface area contributed by atoms with E-state index in [0.29, 0.717) is 13.0 Å². The van der Waals surface area contributed by atoms with Crippen LogP contribution in [0.1, 0.15) is 12.0 Å². The SMILES string of the molecule is N#CC1(c2ccccc2)CCNC1=O. The molecule has 1 heterocycles. The van der Waals surface area contributed by atoms with E-state index in [-0.39, 0.29) is 5.91 Å². The van der Waals surface area contributed by atoms with Crippen molar-refractivity contribution >= 4 is 5.91 Å². The molecule has 1 N–H and O–H groups in total. The molecule has 0 radical (unpaired) electrons. The second kappa shape index (κ2) is 3.15. The van der Waals surface area contributed by atoms with E-state index in [1.54, 1.807) is 0 Å². The smallest absolute Gasteiger partial charge is 0.245 e. The van der Waals surface area contributed by atoms with Crippen LogP contribution in [0.4, 0.5) is 0 Å². The predicted octanol–water partition coefficient (Wildman–Crippen LogP) is 0.968. The zero-order valence-corrected chi connectivity index (χ0v) is 7.66. The number of nitrogens with zero attached hydrogens (tertiary/aromatic N) is 1. The molecule has 1 saturated heterocycles. The van der Waals surface area contributed by atoms with E-state index in [0.717, 1.165) is 5.56 Å². The number of benzene rings is 1. The fraction of sp³-hybridized carbons (Fsp3) is 0.273. The van der Waals surface area contributed by atoms with Crippen LogP contribution in [0, 0.1) is 11.3 Å². The lowest BCUT2D eigenvalue weighted by Gasteiger charge is -2.16. The highest BCUT2D eigenvalue weighted by Gasteiger charge is 2.44. The molecule has 70 valence electrons. The summed E-state index contributed by atoms with van der Waals surface area (Å²) in [7, 11) is 0. The fourth-order valence-corrected chi connectivity index (χ4v) is 1.80. The van der Waals surface area contributed by atoms with Gasteiger partial charge in [-0.1, -0.05) is 30.3 Å². The van der Waals surface area contributed by atoms with Gasteiger partial charge in [0.15, 0.2) is 5.41 Å². The van der Waals surface area contributed by atoms with Gasteiger partial charge in [-0.15, -0.1) is 0 Å². The Morgan fingerprint density at radius 1 is 1.36 bits per heavy atom. The van der Waals surface area contributed by atoms with E-state index in [1.165, 1.54) is 0 Å². The van der Waals surface area contributed by atoms with Gasteiger partial charge < -0.3 is 5.32 Å². The first kappa shape index (κ1) is 8.76. The van der Waals surface area contributed by atoms with Gasteiger partial charge in [-0.2, -0.15) is 5.26 Å². The molecule has 0 spiro atoms. The molecule has 0 saturated carbocycles. The Hall–Kier alpha value is -1.82. The van der Waals surface area contributed by atoms with Crippen molar-refractivity contribution in [3.05, 3.63) is 35.9 Å². The van der Waals surface area contributed by atoms with E-state index in [1.807, 2.05) is 30.3 Å². The molecule has 0 bridgehead atoms. The monoisotopic (exact) mass is 186 g/mol. The Bertz CT molecular complexity index is 393. The quantitative estimate of drug-likeness (QED) is 0.710. The standard InChI is InChI=1S/C11H10N2O/c12-8-11(6-7-13-10(11)14)9-4-2-1-3-5-9/h1-5H,6-7H2,(H,13,14). The summed E-state index contributed by atoms with van der Waals surface area (Å²) in [5, 5.41) is 11.8. The summed E-state index contributed by atoms with van der Waals surface area (Å²) in [4.78, 5) is 11.6. The highest BCUT2D eigenvalue weighted by Crippen LogP contribution is 2.30. The summed E-state index contributed by atoms with van der Waals surface area (Å²) in [6.45, 7) is 0.585. The summed E-state index contributed by atoms with van der Waals surface area (Å²) < 4.78 is 0. The van der Waals surface area contributed by atoms with E-state index in [2.05, 4.69) is 11.4 Å². The molecular formula is C11H10N2O. The Balaban J connectivity index is 2.50. The van der Waals surface area contributed by atoms with E-state index < -0.39 is 5.41 Å². The molecule has 1 amide bonds. The average Bonchev–Trinajstić information content (AvgIpc) is 2.62. The van der Waals surface area contributed by atoms with Crippen LogP contribution in [0.15, 0.2) is 30.3 Å². The normalized spacial score (nSPS) is 25.5. The van der Waals surface area contributed by atoms with Gasteiger partial charge in [0.25, 0.3) is 0 Å². The summed E-state index contributed by atoms with van der Waals surface area (Å²) in [5.41, 5.74) is -0.168. The lowest BCUT2D eigenvalue weighted by Crippen LogP contribution is -2.33. The van der Waals surface area contributed by atoms with Gasteiger partial charge >= 0.3 is 0 Å². The van der Waals surface area contributed by atoms with Crippen molar-refractivity contribution in [1.29, 1.82) is 5.26 Å². The van der Waals surface area contributed by atoms with Crippen molar-refractivity contribution in [3.63, 3.8) is 0 Å². The maximum absolute atomic E-state index is 11.6. The topological polar surface area (TPSA) is 52.9 Å². The largest absolute Gasteiger partial charge is 0.354 e. The number of nitrogens with one attached hydrogen (secondary N) is 1. The maximum Gasteiger partial charge on any atom is 0.245 e. The van der Waals surface area contributed by atoms with Crippen molar-refractivity contribution in [1.82, 2.24) is 5.32 Å². The van der Waals surface area contributed by atoms with Crippen molar-refractivity contribution in [3.8, 4) is 6.07 Å². The molecular weight excluding hydrogens is 176 g/mol. The molecule has 1 aromatic carbocycles. The van der Waals surface area contributed by atoms with Crippen LogP contribution in [0.3, 0.4) is 0 Å². The summed E-state index contributed by atoms with van der Waals surface area (Å²) in [6.07, 6.45) is 0.562. The van der Waals surface area contributed by atoms with Gasteiger partial charge in [-0.3, -0.25) is 4.79 Å². The third-order valence-electron chi connectivity index (χ3n) is 2.63. The lowest BCUT2D eigenvalue weighted by atomic mass is 9.80. The van der Waals surface area contributed by atoms with Gasteiger partial charge in [0.2, 0.25) is 5.91 Å². The third-order valence-corrected chi connectivity index (χ3v) is 2.63. The first-order valence-corrected chi connectivity index (χ1v) is 4.55. The summed E-state index contributed by atoms with van der Waals surface area (Å²) in [5.74, 6) is -0.175. The van der Waals surface area contributed by atoms with Crippen LogP contribution in [-0.2, 0) is 10.2 Å². The van der Waals surface area contributed by atoms with Crippen LogP contribution in [0.2, 0.25) is 0 Å². The Kier molecular flexibility index (Phi) is 1.97. The molecule has 1 unspecified atom stereocenters. The highest BCUT2D eigenvalue weighted by atomic mass is 16.2. The van der Waals surface area contributed by atoms with E-state index >= 15 is 0 Å².